The zero-order valence-corrected chi connectivity index (χ0v) is 10.6. The molecule has 1 heterocycles. The first-order valence-corrected chi connectivity index (χ1v) is 5.81. The van der Waals surface area contributed by atoms with Crippen molar-refractivity contribution >= 4 is 11.4 Å². The lowest BCUT2D eigenvalue weighted by atomic mass is 10.1. The van der Waals surface area contributed by atoms with Crippen molar-refractivity contribution in [3.8, 4) is 0 Å². The number of benzene rings is 1. The molecule has 2 rings (SSSR count). The second-order valence-corrected chi connectivity index (χ2v) is 4.59. The van der Waals surface area contributed by atoms with Gasteiger partial charge in [0, 0.05) is 23.8 Å². The lowest BCUT2D eigenvalue weighted by Gasteiger charge is -2.24. The molecule has 0 fully saturated rings. The third-order valence-electron chi connectivity index (χ3n) is 2.90. The summed E-state index contributed by atoms with van der Waals surface area (Å²) in [4.78, 5) is 0. The van der Waals surface area contributed by atoms with Crippen molar-refractivity contribution in [2.75, 3.05) is 17.6 Å². The van der Waals surface area contributed by atoms with E-state index >= 15 is 0 Å². The summed E-state index contributed by atoms with van der Waals surface area (Å²) in [6.07, 6.45) is 3.37. The zero-order chi connectivity index (χ0) is 13.2. The van der Waals surface area contributed by atoms with Gasteiger partial charge >= 0.3 is 0 Å². The van der Waals surface area contributed by atoms with Crippen molar-refractivity contribution in [3.63, 3.8) is 0 Å². The molecule has 1 unspecified atom stereocenters. The minimum absolute atomic E-state index is 0.359. The summed E-state index contributed by atoms with van der Waals surface area (Å²) in [5, 5.41) is 17.5. The molecule has 0 spiro atoms. The SMILES string of the molecule is Cc1cc(NCC(C)(O)n2cccn2)ccc1N. The number of rotatable bonds is 4. The molecule has 0 aliphatic carbocycles. The molecule has 0 aliphatic heterocycles. The average Bonchev–Trinajstić information content (AvgIpc) is 2.85. The van der Waals surface area contributed by atoms with Crippen LogP contribution >= 0.6 is 0 Å². The van der Waals surface area contributed by atoms with E-state index in [4.69, 9.17) is 5.73 Å². The summed E-state index contributed by atoms with van der Waals surface area (Å²) < 4.78 is 1.52. The fourth-order valence-corrected chi connectivity index (χ4v) is 1.69. The molecule has 96 valence electrons. The van der Waals surface area contributed by atoms with Gasteiger partial charge in [-0.05, 0) is 43.7 Å². The smallest absolute Gasteiger partial charge is 0.172 e. The number of aliphatic hydroxyl groups is 1. The van der Waals surface area contributed by atoms with Crippen LogP contribution in [0, 0.1) is 6.92 Å². The third kappa shape index (κ3) is 2.62. The monoisotopic (exact) mass is 246 g/mol. The fourth-order valence-electron chi connectivity index (χ4n) is 1.69. The molecule has 1 atom stereocenters. The van der Waals surface area contributed by atoms with Gasteiger partial charge < -0.3 is 16.2 Å². The largest absolute Gasteiger partial charge is 0.399 e. The summed E-state index contributed by atoms with van der Waals surface area (Å²) in [5.41, 5.74) is 7.39. The number of anilines is 2. The van der Waals surface area contributed by atoms with Crippen molar-refractivity contribution in [1.29, 1.82) is 0 Å². The number of aryl methyl sites for hydroxylation is 1. The van der Waals surface area contributed by atoms with Gasteiger partial charge in [-0.2, -0.15) is 5.10 Å². The zero-order valence-electron chi connectivity index (χ0n) is 10.6. The Labute approximate surface area is 106 Å². The van der Waals surface area contributed by atoms with Gasteiger partial charge in [-0.25, -0.2) is 4.68 Å². The average molecular weight is 246 g/mol. The summed E-state index contributed by atoms with van der Waals surface area (Å²) >= 11 is 0. The fraction of sp³-hybridized carbons (Fsp3) is 0.308. The van der Waals surface area contributed by atoms with Crippen LogP contribution in [0.25, 0.3) is 0 Å². The molecule has 0 bridgehead atoms. The summed E-state index contributed by atoms with van der Waals surface area (Å²) in [7, 11) is 0. The van der Waals surface area contributed by atoms with Crippen LogP contribution in [0.5, 0.6) is 0 Å². The van der Waals surface area contributed by atoms with Crippen LogP contribution in [0.4, 0.5) is 11.4 Å². The second kappa shape index (κ2) is 4.70. The van der Waals surface area contributed by atoms with Crippen LogP contribution in [0.2, 0.25) is 0 Å². The number of nitrogens with two attached hydrogens (primary N) is 1. The highest BCUT2D eigenvalue weighted by Crippen LogP contribution is 2.18. The van der Waals surface area contributed by atoms with Crippen LogP contribution < -0.4 is 11.1 Å². The van der Waals surface area contributed by atoms with Gasteiger partial charge in [-0.15, -0.1) is 0 Å². The first-order valence-electron chi connectivity index (χ1n) is 5.81. The third-order valence-corrected chi connectivity index (χ3v) is 2.90. The Kier molecular flexibility index (Phi) is 3.25. The van der Waals surface area contributed by atoms with E-state index in [2.05, 4.69) is 10.4 Å². The first-order chi connectivity index (χ1) is 8.49. The highest BCUT2D eigenvalue weighted by Gasteiger charge is 2.22. The number of nitrogens with one attached hydrogen (secondary N) is 1. The van der Waals surface area contributed by atoms with E-state index in [0.717, 1.165) is 16.9 Å². The number of hydrogen-bond donors (Lipinski definition) is 3. The molecule has 1 aromatic heterocycles. The summed E-state index contributed by atoms with van der Waals surface area (Å²) in [6.45, 7) is 4.02. The van der Waals surface area contributed by atoms with Crippen LogP contribution in [-0.2, 0) is 5.72 Å². The van der Waals surface area contributed by atoms with Crippen LogP contribution in [0.15, 0.2) is 36.7 Å². The molecule has 0 amide bonds. The standard InChI is InChI=1S/C13H18N4O/c1-10-8-11(4-5-12(10)14)15-9-13(2,18)17-7-3-6-16-17/h3-8,15,18H,9,14H2,1-2H3. The van der Waals surface area contributed by atoms with Crippen LogP contribution in [-0.4, -0.2) is 21.4 Å². The van der Waals surface area contributed by atoms with E-state index in [1.54, 1.807) is 25.4 Å². The quantitative estimate of drug-likeness (QED) is 0.715. The van der Waals surface area contributed by atoms with E-state index in [1.165, 1.54) is 4.68 Å². The van der Waals surface area contributed by atoms with E-state index in [1.807, 2.05) is 25.1 Å². The van der Waals surface area contributed by atoms with Crippen molar-refractivity contribution in [2.45, 2.75) is 19.6 Å². The second-order valence-electron chi connectivity index (χ2n) is 4.59. The van der Waals surface area contributed by atoms with E-state index in [9.17, 15) is 5.11 Å². The molecule has 1 aromatic carbocycles. The molecule has 5 heteroatoms. The van der Waals surface area contributed by atoms with Gasteiger partial charge in [0.2, 0.25) is 0 Å². The van der Waals surface area contributed by atoms with E-state index in [-0.39, 0.29) is 0 Å². The predicted octanol–water partition coefficient (Wildman–Crippen LogP) is 1.55. The molecule has 0 aliphatic rings. The van der Waals surface area contributed by atoms with E-state index < -0.39 is 5.72 Å². The minimum Gasteiger partial charge on any atom is -0.399 e. The molecule has 0 saturated heterocycles. The van der Waals surface area contributed by atoms with Gasteiger partial charge in [0.05, 0.1) is 6.54 Å². The van der Waals surface area contributed by atoms with Crippen LogP contribution in [0.3, 0.4) is 0 Å². The van der Waals surface area contributed by atoms with Gasteiger partial charge in [-0.3, -0.25) is 0 Å². The Morgan fingerprint density at radius 1 is 1.50 bits per heavy atom. The molecule has 5 nitrogen and oxygen atoms in total. The first kappa shape index (κ1) is 12.4. The summed E-state index contributed by atoms with van der Waals surface area (Å²) in [6, 6.07) is 7.47. The van der Waals surface area contributed by atoms with Gasteiger partial charge in [-0.1, -0.05) is 0 Å². The maximum atomic E-state index is 10.3. The number of aromatic nitrogens is 2. The molecule has 0 saturated carbocycles. The Morgan fingerprint density at radius 2 is 2.28 bits per heavy atom. The topological polar surface area (TPSA) is 76.1 Å². The Morgan fingerprint density at radius 3 is 2.89 bits per heavy atom. The highest BCUT2D eigenvalue weighted by molar-refractivity contribution is 5.56. The highest BCUT2D eigenvalue weighted by atomic mass is 16.3. The molecule has 4 N–H and O–H groups in total. The number of hydrogen-bond acceptors (Lipinski definition) is 4. The normalized spacial score (nSPS) is 14.2. The predicted molar refractivity (Wildman–Crippen MR) is 72.2 cm³/mol. The lowest BCUT2D eigenvalue weighted by Crippen LogP contribution is -2.37. The summed E-state index contributed by atoms with van der Waals surface area (Å²) in [5.74, 6) is 0. The molecule has 0 radical (unpaired) electrons. The molecular formula is C13H18N4O. The molecular weight excluding hydrogens is 228 g/mol. The maximum absolute atomic E-state index is 10.3. The van der Waals surface area contributed by atoms with Crippen molar-refractivity contribution in [2.24, 2.45) is 0 Å². The molecule has 2 aromatic rings. The van der Waals surface area contributed by atoms with Crippen molar-refractivity contribution < 1.29 is 5.11 Å². The lowest BCUT2D eigenvalue weighted by molar-refractivity contribution is -0.0163. The van der Waals surface area contributed by atoms with E-state index in [0.29, 0.717) is 6.54 Å². The Balaban J connectivity index is 2.05. The number of nitrogens with zero attached hydrogens (tertiary/aromatic N) is 2. The Bertz CT molecular complexity index is 520. The van der Waals surface area contributed by atoms with Crippen molar-refractivity contribution in [1.82, 2.24) is 9.78 Å². The van der Waals surface area contributed by atoms with Gasteiger partial charge in [0.15, 0.2) is 5.72 Å². The van der Waals surface area contributed by atoms with Crippen LogP contribution in [0.1, 0.15) is 12.5 Å². The Hall–Kier alpha value is -2.01. The van der Waals surface area contributed by atoms with Gasteiger partial charge in [0.25, 0.3) is 0 Å². The van der Waals surface area contributed by atoms with Crippen molar-refractivity contribution in [3.05, 3.63) is 42.2 Å². The maximum Gasteiger partial charge on any atom is 0.172 e. The number of nitrogen functional groups attached to an aromatic ring is 1. The van der Waals surface area contributed by atoms with Gasteiger partial charge in [0.1, 0.15) is 0 Å². The minimum atomic E-state index is -1.07. The molecule has 18 heavy (non-hydrogen) atoms.